The summed E-state index contributed by atoms with van der Waals surface area (Å²) >= 11 is 0. The molecule has 0 bridgehead atoms. The molecule has 1 unspecified atom stereocenters. The Morgan fingerprint density at radius 1 is 1.12 bits per heavy atom. The molecule has 0 aliphatic rings. The maximum atomic E-state index is 13.0. The second kappa shape index (κ2) is 8.05. The molecule has 0 spiro atoms. The number of nitrogens with one attached hydrogen (secondary N) is 1. The first-order valence-corrected chi connectivity index (χ1v) is 8.04. The Labute approximate surface area is 144 Å². The van der Waals surface area contributed by atoms with Gasteiger partial charge in [-0.05, 0) is 43.2 Å². The molecule has 0 saturated heterocycles. The molecular formula is C19H20F3NO2. The molecule has 0 aliphatic heterocycles. The van der Waals surface area contributed by atoms with Gasteiger partial charge in [0, 0.05) is 0 Å². The van der Waals surface area contributed by atoms with Crippen molar-refractivity contribution in [1.29, 1.82) is 0 Å². The summed E-state index contributed by atoms with van der Waals surface area (Å²) in [7, 11) is 0. The van der Waals surface area contributed by atoms with E-state index in [4.69, 9.17) is 4.74 Å². The molecule has 6 heteroatoms. The first-order valence-electron chi connectivity index (χ1n) is 8.04. The summed E-state index contributed by atoms with van der Waals surface area (Å²) < 4.78 is 44.4. The van der Waals surface area contributed by atoms with Crippen LogP contribution in [0.1, 0.15) is 31.4 Å². The molecule has 0 saturated carbocycles. The van der Waals surface area contributed by atoms with Gasteiger partial charge in [-0.25, -0.2) is 0 Å². The molecule has 0 radical (unpaired) electrons. The first-order chi connectivity index (χ1) is 11.8. The largest absolute Gasteiger partial charge is 0.481 e. The van der Waals surface area contributed by atoms with Crippen LogP contribution in [-0.4, -0.2) is 12.0 Å². The van der Waals surface area contributed by atoms with Gasteiger partial charge in [0.2, 0.25) is 0 Å². The Bertz CT molecular complexity index is 711. The molecule has 0 aromatic heterocycles. The van der Waals surface area contributed by atoms with Crippen LogP contribution in [0.4, 0.5) is 18.9 Å². The van der Waals surface area contributed by atoms with E-state index < -0.39 is 23.8 Å². The normalized spacial score (nSPS) is 12.5. The number of hydrogen-bond acceptors (Lipinski definition) is 2. The van der Waals surface area contributed by atoms with Gasteiger partial charge in [-0.2, -0.15) is 13.2 Å². The average Bonchev–Trinajstić information content (AvgIpc) is 2.56. The lowest BCUT2D eigenvalue weighted by atomic mass is 10.1. The van der Waals surface area contributed by atoms with Gasteiger partial charge in [0.25, 0.3) is 5.91 Å². The number of alkyl halides is 3. The maximum Gasteiger partial charge on any atom is 0.418 e. The van der Waals surface area contributed by atoms with Crippen molar-refractivity contribution >= 4 is 11.6 Å². The summed E-state index contributed by atoms with van der Waals surface area (Å²) in [4.78, 5) is 12.2. The molecule has 0 heterocycles. The lowest BCUT2D eigenvalue weighted by Gasteiger charge is -2.17. The highest BCUT2D eigenvalue weighted by molar-refractivity contribution is 5.94. The minimum absolute atomic E-state index is 0.284. The zero-order valence-electron chi connectivity index (χ0n) is 14.1. The van der Waals surface area contributed by atoms with E-state index in [0.29, 0.717) is 5.75 Å². The highest BCUT2D eigenvalue weighted by atomic mass is 19.4. The SMILES string of the molecule is CCCc1ccc(OC(C)C(=O)Nc2ccccc2C(F)(F)F)cc1. The molecule has 1 atom stereocenters. The van der Waals surface area contributed by atoms with Gasteiger partial charge in [-0.15, -0.1) is 0 Å². The highest BCUT2D eigenvalue weighted by Gasteiger charge is 2.34. The number of aryl methyl sites for hydroxylation is 1. The van der Waals surface area contributed by atoms with Crippen LogP contribution >= 0.6 is 0 Å². The monoisotopic (exact) mass is 351 g/mol. The van der Waals surface area contributed by atoms with Gasteiger partial charge in [0.15, 0.2) is 6.10 Å². The van der Waals surface area contributed by atoms with E-state index in [1.54, 1.807) is 12.1 Å². The quantitative estimate of drug-likeness (QED) is 0.790. The van der Waals surface area contributed by atoms with Gasteiger partial charge in [0.05, 0.1) is 11.3 Å². The number of amides is 1. The lowest BCUT2D eigenvalue weighted by molar-refractivity contribution is -0.137. The van der Waals surface area contributed by atoms with E-state index in [2.05, 4.69) is 12.2 Å². The van der Waals surface area contributed by atoms with Gasteiger partial charge in [-0.3, -0.25) is 4.79 Å². The number of anilines is 1. The van der Waals surface area contributed by atoms with Crippen LogP contribution in [0, 0.1) is 0 Å². The number of carbonyl (C=O) groups is 1. The molecule has 1 amide bonds. The Balaban J connectivity index is 2.03. The van der Waals surface area contributed by atoms with E-state index >= 15 is 0 Å². The van der Waals surface area contributed by atoms with E-state index in [1.165, 1.54) is 25.1 Å². The minimum atomic E-state index is -4.54. The van der Waals surface area contributed by atoms with Crippen LogP contribution in [0.3, 0.4) is 0 Å². The Morgan fingerprint density at radius 3 is 2.36 bits per heavy atom. The lowest BCUT2D eigenvalue weighted by Crippen LogP contribution is -2.31. The highest BCUT2D eigenvalue weighted by Crippen LogP contribution is 2.34. The summed E-state index contributed by atoms with van der Waals surface area (Å²) in [5, 5.41) is 2.28. The Kier molecular flexibility index (Phi) is 6.07. The van der Waals surface area contributed by atoms with Gasteiger partial charge >= 0.3 is 6.18 Å². The Morgan fingerprint density at radius 2 is 1.76 bits per heavy atom. The number of rotatable bonds is 6. The number of benzene rings is 2. The van der Waals surface area contributed by atoms with Crippen molar-refractivity contribution < 1.29 is 22.7 Å². The van der Waals surface area contributed by atoms with Crippen LogP contribution in [0.15, 0.2) is 48.5 Å². The van der Waals surface area contributed by atoms with E-state index in [9.17, 15) is 18.0 Å². The van der Waals surface area contributed by atoms with E-state index in [0.717, 1.165) is 24.5 Å². The van der Waals surface area contributed by atoms with Crippen LogP contribution < -0.4 is 10.1 Å². The standard InChI is InChI=1S/C19H20F3NO2/c1-3-6-14-9-11-15(12-10-14)25-13(2)18(24)23-17-8-5-4-7-16(17)19(20,21)22/h4-5,7-13H,3,6H2,1-2H3,(H,23,24). The summed E-state index contributed by atoms with van der Waals surface area (Å²) in [6, 6.07) is 12.2. The third-order valence-electron chi connectivity index (χ3n) is 3.63. The smallest absolute Gasteiger partial charge is 0.418 e. The van der Waals surface area contributed by atoms with Gasteiger partial charge in [0.1, 0.15) is 5.75 Å². The zero-order valence-corrected chi connectivity index (χ0v) is 14.1. The predicted octanol–water partition coefficient (Wildman–Crippen LogP) is 5.06. The third kappa shape index (κ3) is 5.24. The second-order valence-electron chi connectivity index (χ2n) is 5.69. The summed E-state index contributed by atoms with van der Waals surface area (Å²) in [6.45, 7) is 3.57. The molecular weight excluding hydrogens is 331 g/mol. The van der Waals surface area contributed by atoms with Crippen molar-refractivity contribution in [3.8, 4) is 5.75 Å². The summed E-state index contributed by atoms with van der Waals surface area (Å²) in [5.41, 5.74) is -0.0146. The van der Waals surface area contributed by atoms with Crippen molar-refractivity contribution in [3.63, 3.8) is 0 Å². The molecule has 0 aliphatic carbocycles. The van der Waals surface area contributed by atoms with Crippen LogP contribution in [0.2, 0.25) is 0 Å². The van der Waals surface area contributed by atoms with Crippen molar-refractivity contribution in [2.24, 2.45) is 0 Å². The van der Waals surface area contributed by atoms with Crippen molar-refractivity contribution in [3.05, 3.63) is 59.7 Å². The van der Waals surface area contributed by atoms with Crippen molar-refractivity contribution in [1.82, 2.24) is 0 Å². The molecule has 3 nitrogen and oxygen atoms in total. The fourth-order valence-electron chi connectivity index (χ4n) is 2.35. The molecule has 2 rings (SSSR count). The molecule has 1 N–H and O–H groups in total. The number of para-hydroxylation sites is 1. The second-order valence-corrected chi connectivity index (χ2v) is 5.69. The first kappa shape index (κ1) is 18.8. The van der Waals surface area contributed by atoms with Crippen LogP contribution in [0.25, 0.3) is 0 Å². The summed E-state index contributed by atoms with van der Waals surface area (Å²) in [5.74, 6) is -0.152. The fourth-order valence-corrected chi connectivity index (χ4v) is 2.35. The van der Waals surface area contributed by atoms with Crippen LogP contribution in [0.5, 0.6) is 5.75 Å². The van der Waals surface area contributed by atoms with Gasteiger partial charge < -0.3 is 10.1 Å². The van der Waals surface area contributed by atoms with Crippen LogP contribution in [-0.2, 0) is 17.4 Å². The van der Waals surface area contributed by atoms with Crippen molar-refractivity contribution in [2.45, 2.75) is 39.0 Å². The average molecular weight is 351 g/mol. The number of halogens is 3. The molecule has 0 fully saturated rings. The number of carbonyl (C=O) groups excluding carboxylic acids is 1. The zero-order chi connectivity index (χ0) is 18.4. The topological polar surface area (TPSA) is 38.3 Å². The molecule has 134 valence electrons. The third-order valence-corrected chi connectivity index (χ3v) is 3.63. The maximum absolute atomic E-state index is 13.0. The van der Waals surface area contributed by atoms with E-state index in [-0.39, 0.29) is 5.69 Å². The van der Waals surface area contributed by atoms with Gasteiger partial charge in [-0.1, -0.05) is 37.6 Å². The number of ether oxygens (including phenoxy) is 1. The molecule has 25 heavy (non-hydrogen) atoms. The van der Waals surface area contributed by atoms with Crippen molar-refractivity contribution in [2.75, 3.05) is 5.32 Å². The summed E-state index contributed by atoms with van der Waals surface area (Å²) in [6.07, 6.45) is -3.50. The Hall–Kier alpha value is -2.50. The van der Waals surface area contributed by atoms with E-state index in [1.807, 2.05) is 12.1 Å². The fraction of sp³-hybridized carbons (Fsp3) is 0.316. The predicted molar refractivity (Wildman–Crippen MR) is 90.6 cm³/mol. The molecule has 2 aromatic carbocycles. The number of hydrogen-bond donors (Lipinski definition) is 1. The molecule has 2 aromatic rings. The minimum Gasteiger partial charge on any atom is -0.481 e.